The number of nitrogens with two attached hydrogens (primary N) is 1. The van der Waals surface area contributed by atoms with Gasteiger partial charge in [-0.05, 0) is 96.7 Å². The molecule has 0 radical (unpaired) electrons. The number of hydrogen-bond acceptors (Lipinski definition) is 9. The van der Waals surface area contributed by atoms with Crippen molar-refractivity contribution in [2.75, 3.05) is 0 Å². The number of aliphatic imine (C=N–C) groups is 1. The van der Waals surface area contributed by atoms with E-state index in [1.165, 1.54) is 0 Å². The Bertz CT molecular complexity index is 1650. The summed E-state index contributed by atoms with van der Waals surface area (Å²) in [6.45, 7) is 0. The van der Waals surface area contributed by atoms with Crippen molar-refractivity contribution < 1.29 is 9.59 Å². The van der Waals surface area contributed by atoms with Crippen LogP contribution in [0.3, 0.4) is 0 Å². The van der Waals surface area contributed by atoms with E-state index in [0.717, 1.165) is 46.0 Å². The average molecular weight is 629 g/mol. The largest absolute Gasteiger partial charge is 0.378 e. The summed E-state index contributed by atoms with van der Waals surface area (Å²) in [7, 11) is 0. The quantitative estimate of drug-likeness (QED) is 0.0901. The van der Waals surface area contributed by atoms with Crippen molar-refractivity contribution >= 4 is 55.8 Å². The Morgan fingerprint density at radius 3 is 1.89 bits per heavy atom. The van der Waals surface area contributed by atoms with Crippen molar-refractivity contribution in [3.05, 3.63) is 96.6 Å². The molecule has 0 bridgehead atoms. The molecule has 4 aromatic rings. The van der Waals surface area contributed by atoms with Gasteiger partial charge in [0.25, 0.3) is 5.91 Å². The first-order valence-corrected chi connectivity index (χ1v) is 15.3. The highest BCUT2D eigenvalue weighted by molar-refractivity contribution is 8.26. The van der Waals surface area contributed by atoms with Crippen LogP contribution < -0.4 is 11.1 Å². The SMILES string of the molecule is N=C(CCCCC(=N)SC(N)=NC(=O)Cc1cccc(-n2cccn2)c1)SC(=N)NC(=O)Cc1cccc(-n2cccn2)c1. The summed E-state index contributed by atoms with van der Waals surface area (Å²) < 4.78 is 3.41. The molecule has 44 heavy (non-hydrogen) atoms. The van der Waals surface area contributed by atoms with Crippen LogP contribution in [0.15, 0.2) is 90.4 Å². The Hall–Kier alpha value is -4.82. The number of carbonyl (C=O) groups excluding carboxylic acids is 2. The minimum absolute atomic E-state index is 0.0174. The van der Waals surface area contributed by atoms with Crippen LogP contribution in [0, 0.1) is 16.2 Å². The van der Waals surface area contributed by atoms with Crippen LogP contribution in [0.5, 0.6) is 0 Å². The third-order valence-electron chi connectivity index (χ3n) is 6.08. The van der Waals surface area contributed by atoms with E-state index >= 15 is 0 Å². The van der Waals surface area contributed by atoms with E-state index in [1.54, 1.807) is 21.8 Å². The van der Waals surface area contributed by atoms with Crippen molar-refractivity contribution in [2.45, 2.75) is 38.5 Å². The van der Waals surface area contributed by atoms with Crippen LogP contribution in [0.2, 0.25) is 0 Å². The zero-order valence-electron chi connectivity index (χ0n) is 23.8. The van der Waals surface area contributed by atoms with Crippen LogP contribution in [0.4, 0.5) is 0 Å². The van der Waals surface area contributed by atoms with Gasteiger partial charge in [-0.1, -0.05) is 24.3 Å². The summed E-state index contributed by atoms with van der Waals surface area (Å²) >= 11 is 1.84. The highest BCUT2D eigenvalue weighted by atomic mass is 32.2. The summed E-state index contributed by atoms with van der Waals surface area (Å²) in [4.78, 5) is 28.7. The van der Waals surface area contributed by atoms with E-state index < -0.39 is 5.91 Å². The number of rotatable bonds is 11. The lowest BCUT2D eigenvalue weighted by Gasteiger charge is -2.09. The van der Waals surface area contributed by atoms with Crippen LogP contribution in [-0.2, 0) is 22.4 Å². The zero-order chi connectivity index (χ0) is 31.3. The fraction of sp³-hybridized carbons (Fsp3) is 0.200. The molecule has 0 spiro atoms. The molecule has 12 nitrogen and oxygen atoms in total. The Kier molecular flexibility index (Phi) is 11.8. The van der Waals surface area contributed by atoms with Crippen molar-refractivity contribution in [1.82, 2.24) is 24.9 Å². The molecule has 0 aliphatic rings. The van der Waals surface area contributed by atoms with Gasteiger partial charge in [-0.15, -0.1) is 0 Å². The highest BCUT2D eigenvalue weighted by Gasteiger charge is 2.11. The van der Waals surface area contributed by atoms with Crippen molar-refractivity contribution in [2.24, 2.45) is 10.7 Å². The van der Waals surface area contributed by atoms with Gasteiger partial charge in [-0.25, -0.2) is 9.36 Å². The number of benzene rings is 2. The molecule has 0 atom stereocenters. The van der Waals surface area contributed by atoms with Crippen molar-refractivity contribution in [3.63, 3.8) is 0 Å². The lowest BCUT2D eigenvalue weighted by molar-refractivity contribution is -0.119. The van der Waals surface area contributed by atoms with Gasteiger partial charge >= 0.3 is 0 Å². The molecule has 4 rings (SSSR count). The summed E-state index contributed by atoms with van der Waals surface area (Å²) in [6, 6.07) is 18.5. The molecule has 14 heteroatoms. The molecule has 2 aromatic carbocycles. The van der Waals surface area contributed by atoms with Crippen LogP contribution in [0.25, 0.3) is 11.4 Å². The Labute approximate surface area is 263 Å². The number of carbonyl (C=O) groups is 2. The van der Waals surface area contributed by atoms with Gasteiger partial charge < -0.3 is 11.1 Å². The summed E-state index contributed by atoms with van der Waals surface area (Å²) in [5.41, 5.74) is 9.14. The molecule has 2 aromatic heterocycles. The van der Waals surface area contributed by atoms with Gasteiger partial charge in [-0.2, -0.15) is 15.2 Å². The molecule has 0 aliphatic carbocycles. The second-order valence-corrected chi connectivity index (χ2v) is 11.8. The number of hydrogen-bond donors (Lipinski definition) is 5. The molecular weight excluding hydrogens is 597 g/mol. The number of amidine groups is 2. The lowest BCUT2D eigenvalue weighted by Crippen LogP contribution is -2.29. The van der Waals surface area contributed by atoms with Gasteiger partial charge in [0, 0.05) is 24.8 Å². The summed E-state index contributed by atoms with van der Waals surface area (Å²) in [5.74, 6) is -0.734. The number of amides is 2. The second kappa shape index (κ2) is 16.1. The maximum Gasteiger partial charge on any atom is 0.252 e. The number of unbranched alkanes of at least 4 members (excludes halogenated alkanes) is 1. The van der Waals surface area contributed by atoms with Crippen LogP contribution in [-0.4, -0.2) is 51.8 Å². The van der Waals surface area contributed by atoms with E-state index in [1.807, 2.05) is 73.1 Å². The third kappa shape index (κ3) is 10.5. The summed E-state index contributed by atoms with van der Waals surface area (Å²) in [5, 5.41) is 35.7. The Morgan fingerprint density at radius 2 is 1.34 bits per heavy atom. The minimum Gasteiger partial charge on any atom is -0.378 e. The van der Waals surface area contributed by atoms with E-state index in [-0.39, 0.29) is 39.2 Å². The van der Waals surface area contributed by atoms with Crippen LogP contribution >= 0.6 is 23.5 Å². The standard InChI is InChI=1S/C30H32N10O2S2/c31-25(43-29(33)37-27(41)19-21-7-3-9-23(17-21)39-15-5-13-35-39)11-1-2-12-26(32)44-30(34)38-28(42)20-22-8-4-10-24(18-22)40-16-6-14-36-40/h3-10,13-18,31-32H,1-2,11-12,19-20H2,(H2,33,37,41)(H2,34,38,42). The summed E-state index contributed by atoms with van der Waals surface area (Å²) in [6.07, 6.45) is 9.26. The lowest BCUT2D eigenvalue weighted by atomic mass is 10.1. The number of nitrogens with one attached hydrogen (secondary N) is 4. The number of thioether (sulfide) groups is 2. The first-order chi connectivity index (χ1) is 21.2. The van der Waals surface area contributed by atoms with Crippen LogP contribution in [0.1, 0.15) is 36.8 Å². The fourth-order valence-electron chi connectivity index (χ4n) is 4.13. The predicted octanol–water partition coefficient (Wildman–Crippen LogP) is 4.72. The maximum absolute atomic E-state index is 12.4. The smallest absolute Gasteiger partial charge is 0.252 e. The maximum atomic E-state index is 12.4. The van der Waals surface area contributed by atoms with Gasteiger partial charge in [0.2, 0.25) is 5.91 Å². The first kappa shape index (κ1) is 32.1. The highest BCUT2D eigenvalue weighted by Crippen LogP contribution is 2.16. The molecule has 6 N–H and O–H groups in total. The number of aromatic nitrogens is 4. The number of nitrogens with zero attached hydrogens (tertiary/aromatic N) is 5. The average Bonchev–Trinajstić information content (AvgIpc) is 3.71. The second-order valence-electron chi connectivity index (χ2n) is 9.57. The molecular formula is C30H32N10O2S2. The van der Waals surface area contributed by atoms with Crippen molar-refractivity contribution in [3.8, 4) is 11.4 Å². The monoisotopic (exact) mass is 628 g/mol. The van der Waals surface area contributed by atoms with Gasteiger partial charge in [0.05, 0.1) is 34.3 Å². The molecule has 2 heterocycles. The molecule has 0 saturated carbocycles. The Morgan fingerprint density at radius 1 is 0.795 bits per heavy atom. The zero-order valence-corrected chi connectivity index (χ0v) is 25.4. The molecule has 0 saturated heterocycles. The Balaban J connectivity index is 1.10. The molecule has 226 valence electrons. The van der Waals surface area contributed by atoms with Gasteiger partial charge in [0.1, 0.15) is 0 Å². The molecule has 0 unspecified atom stereocenters. The fourth-order valence-corrected chi connectivity index (χ4v) is 5.43. The molecule has 0 aliphatic heterocycles. The first-order valence-electron chi connectivity index (χ1n) is 13.7. The predicted molar refractivity (Wildman–Crippen MR) is 176 cm³/mol. The van der Waals surface area contributed by atoms with Gasteiger partial charge in [-0.3, -0.25) is 25.8 Å². The third-order valence-corrected chi connectivity index (χ3v) is 7.59. The molecule has 0 fully saturated rings. The topological polar surface area (TPSA) is 192 Å². The van der Waals surface area contributed by atoms with Gasteiger partial charge in [0.15, 0.2) is 10.3 Å². The normalized spacial score (nSPS) is 11.2. The van der Waals surface area contributed by atoms with E-state index in [2.05, 4.69) is 20.5 Å². The van der Waals surface area contributed by atoms with E-state index in [0.29, 0.717) is 25.7 Å². The molecule has 2 amide bonds. The minimum atomic E-state index is -0.400. The van der Waals surface area contributed by atoms with E-state index in [9.17, 15) is 9.59 Å². The van der Waals surface area contributed by atoms with E-state index in [4.69, 9.17) is 22.0 Å². The van der Waals surface area contributed by atoms with Crippen molar-refractivity contribution in [1.29, 1.82) is 16.2 Å².